The summed E-state index contributed by atoms with van der Waals surface area (Å²) in [6.45, 7) is 13.1. The van der Waals surface area contributed by atoms with E-state index in [0.29, 0.717) is 0 Å². The predicted molar refractivity (Wildman–Crippen MR) is 158 cm³/mol. The summed E-state index contributed by atoms with van der Waals surface area (Å²) in [5.41, 5.74) is 7.91. The molecule has 1 atom stereocenters. The van der Waals surface area contributed by atoms with Crippen molar-refractivity contribution < 1.29 is 9.31 Å². The van der Waals surface area contributed by atoms with Crippen molar-refractivity contribution in [2.45, 2.75) is 64.2 Å². The molecule has 0 aliphatic carbocycles. The third-order valence-corrected chi connectivity index (χ3v) is 8.83. The summed E-state index contributed by atoms with van der Waals surface area (Å²) in [5.74, 6) is 0. The highest BCUT2D eigenvalue weighted by atomic mass is 16.7. The van der Waals surface area contributed by atoms with Crippen LogP contribution in [0.1, 0.15) is 58.7 Å². The van der Waals surface area contributed by atoms with E-state index in [0.717, 1.165) is 5.46 Å². The highest BCUT2D eigenvalue weighted by molar-refractivity contribution is 6.62. The second kappa shape index (κ2) is 8.86. The minimum Gasteiger partial charge on any atom is -0.399 e. The van der Waals surface area contributed by atoms with Gasteiger partial charge in [0.05, 0.1) is 17.2 Å². The van der Waals surface area contributed by atoms with Crippen molar-refractivity contribution in [2.24, 2.45) is 0 Å². The van der Waals surface area contributed by atoms with Crippen molar-refractivity contribution in [3.8, 4) is 11.1 Å². The average molecular weight is 501 g/mol. The second-order valence-corrected chi connectivity index (χ2v) is 12.2. The molecule has 6 rings (SSSR count). The van der Waals surface area contributed by atoms with Crippen LogP contribution >= 0.6 is 0 Å². The first kappa shape index (κ1) is 25.0. The Bertz CT molecular complexity index is 1430. The molecule has 0 N–H and O–H groups in total. The summed E-state index contributed by atoms with van der Waals surface area (Å²) in [6, 6.07) is 37.5. The third-order valence-electron chi connectivity index (χ3n) is 8.83. The lowest BCUT2D eigenvalue weighted by atomic mass is 9.77. The summed E-state index contributed by atoms with van der Waals surface area (Å²) in [6.07, 6.45) is 0. The number of rotatable bonds is 4. The van der Waals surface area contributed by atoms with Crippen LogP contribution in [-0.2, 0) is 14.7 Å². The van der Waals surface area contributed by atoms with Crippen molar-refractivity contribution in [3.05, 3.63) is 114 Å². The largest absolute Gasteiger partial charge is 0.494 e. The Morgan fingerprint density at radius 1 is 0.605 bits per heavy atom. The molecule has 3 nitrogen and oxygen atoms in total. The first-order chi connectivity index (χ1) is 18.1. The molecule has 192 valence electrons. The number of hydrogen-bond donors (Lipinski definition) is 0. The van der Waals surface area contributed by atoms with Crippen molar-refractivity contribution in [3.63, 3.8) is 0 Å². The van der Waals surface area contributed by atoms with Crippen LogP contribution in [0, 0.1) is 0 Å². The molecule has 0 radical (unpaired) electrons. The molecule has 0 spiro atoms. The van der Waals surface area contributed by atoms with Gasteiger partial charge in [-0.25, -0.2) is 0 Å². The minimum absolute atomic E-state index is 0.0278. The Hall–Kier alpha value is -3.34. The van der Waals surface area contributed by atoms with Crippen molar-refractivity contribution >= 4 is 24.0 Å². The van der Waals surface area contributed by atoms with Gasteiger partial charge < -0.3 is 14.2 Å². The van der Waals surface area contributed by atoms with Gasteiger partial charge in [0.2, 0.25) is 0 Å². The Kier molecular flexibility index (Phi) is 5.82. The van der Waals surface area contributed by atoms with Crippen LogP contribution in [0.4, 0.5) is 11.4 Å². The van der Waals surface area contributed by atoms with Gasteiger partial charge in [0, 0.05) is 16.8 Å². The van der Waals surface area contributed by atoms with Gasteiger partial charge in [-0.3, -0.25) is 0 Å². The zero-order valence-electron chi connectivity index (χ0n) is 23.2. The van der Waals surface area contributed by atoms with Crippen LogP contribution < -0.4 is 10.4 Å². The minimum atomic E-state index is -0.343. The van der Waals surface area contributed by atoms with Crippen molar-refractivity contribution in [1.29, 1.82) is 0 Å². The number of benzene rings is 4. The molecular formula is C34H36BNO2. The van der Waals surface area contributed by atoms with Gasteiger partial charge in [-0.15, -0.1) is 0 Å². The normalized spacial score (nSPS) is 20.9. The van der Waals surface area contributed by atoms with E-state index < -0.39 is 0 Å². The summed E-state index contributed by atoms with van der Waals surface area (Å²) in [4.78, 5) is 2.51. The zero-order valence-corrected chi connectivity index (χ0v) is 23.2. The molecule has 1 fully saturated rings. The highest BCUT2D eigenvalue weighted by Gasteiger charge is 2.51. The van der Waals surface area contributed by atoms with Crippen LogP contribution in [0.15, 0.2) is 103 Å². The molecule has 0 aromatic heterocycles. The average Bonchev–Trinajstić information content (AvgIpc) is 3.29. The monoisotopic (exact) mass is 501 g/mol. The molecule has 0 saturated carbocycles. The maximum Gasteiger partial charge on any atom is 0.494 e. The third kappa shape index (κ3) is 3.98. The molecule has 4 heteroatoms. The van der Waals surface area contributed by atoms with E-state index in [9.17, 15) is 0 Å². The molecule has 4 aromatic rings. The summed E-state index contributed by atoms with van der Waals surface area (Å²) in [7, 11) is -0.343. The topological polar surface area (TPSA) is 21.7 Å². The van der Waals surface area contributed by atoms with E-state index in [4.69, 9.17) is 9.31 Å². The van der Waals surface area contributed by atoms with Crippen LogP contribution in [-0.4, -0.2) is 18.3 Å². The summed E-state index contributed by atoms with van der Waals surface area (Å²) >= 11 is 0. The van der Waals surface area contributed by atoms with Gasteiger partial charge in [0.15, 0.2) is 0 Å². The zero-order chi connectivity index (χ0) is 26.7. The standard InChI is InChI=1S/C34H36BNO2/c1-32(2)29-14-10-11-15-30(29)36(31(32)26-12-8-7-9-13-26)28-22-18-25(19-23-28)24-16-20-27(21-17-24)35-37-33(3,4)34(5,6)38-35/h7-23,31H,1-6H3. The van der Waals surface area contributed by atoms with Gasteiger partial charge in [0.1, 0.15) is 0 Å². The van der Waals surface area contributed by atoms with E-state index in [1.54, 1.807) is 0 Å². The Balaban J connectivity index is 1.30. The molecule has 2 heterocycles. The number of fused-ring (bicyclic) bond motifs is 1. The molecule has 38 heavy (non-hydrogen) atoms. The number of para-hydroxylation sites is 1. The van der Waals surface area contributed by atoms with E-state index in [-0.39, 0.29) is 29.8 Å². The lowest BCUT2D eigenvalue weighted by molar-refractivity contribution is 0.00578. The smallest absolute Gasteiger partial charge is 0.399 e. The van der Waals surface area contributed by atoms with E-state index >= 15 is 0 Å². The molecular weight excluding hydrogens is 465 g/mol. The van der Waals surface area contributed by atoms with Gasteiger partial charge in [-0.2, -0.15) is 0 Å². The van der Waals surface area contributed by atoms with Crippen LogP contribution in [0.25, 0.3) is 11.1 Å². The van der Waals surface area contributed by atoms with Crippen molar-refractivity contribution in [2.75, 3.05) is 4.90 Å². The number of hydrogen-bond acceptors (Lipinski definition) is 3. The Morgan fingerprint density at radius 2 is 1.13 bits per heavy atom. The van der Waals surface area contributed by atoms with Gasteiger partial charge in [-0.1, -0.05) is 98.8 Å². The lowest BCUT2D eigenvalue weighted by Crippen LogP contribution is -2.41. The van der Waals surface area contributed by atoms with Crippen molar-refractivity contribution in [1.82, 2.24) is 0 Å². The van der Waals surface area contributed by atoms with E-state index in [2.05, 4.69) is 150 Å². The maximum absolute atomic E-state index is 6.23. The number of nitrogens with zero attached hydrogens (tertiary/aromatic N) is 1. The van der Waals surface area contributed by atoms with Gasteiger partial charge in [-0.05, 0) is 73.6 Å². The molecule has 0 bridgehead atoms. The molecule has 4 aromatic carbocycles. The molecule has 2 aliphatic rings. The maximum atomic E-state index is 6.23. The van der Waals surface area contributed by atoms with Crippen LogP contribution in [0.3, 0.4) is 0 Å². The number of anilines is 2. The Morgan fingerprint density at radius 3 is 1.74 bits per heavy atom. The summed E-state index contributed by atoms with van der Waals surface area (Å²) < 4.78 is 12.5. The summed E-state index contributed by atoms with van der Waals surface area (Å²) in [5, 5.41) is 0. The molecule has 1 unspecified atom stereocenters. The lowest BCUT2D eigenvalue weighted by Gasteiger charge is -2.35. The van der Waals surface area contributed by atoms with E-state index in [1.165, 1.54) is 33.6 Å². The fourth-order valence-corrected chi connectivity index (χ4v) is 5.95. The molecule has 1 saturated heterocycles. The van der Waals surface area contributed by atoms with Crippen LogP contribution in [0.2, 0.25) is 0 Å². The van der Waals surface area contributed by atoms with E-state index in [1.807, 2.05) is 0 Å². The van der Waals surface area contributed by atoms with Gasteiger partial charge >= 0.3 is 7.12 Å². The fourth-order valence-electron chi connectivity index (χ4n) is 5.95. The predicted octanol–water partition coefficient (Wildman–Crippen LogP) is 7.82. The highest BCUT2D eigenvalue weighted by Crippen LogP contribution is 2.55. The fraction of sp³-hybridized carbons (Fsp3) is 0.294. The quantitative estimate of drug-likeness (QED) is 0.266. The SMILES string of the molecule is CC1(C)c2ccccc2N(c2ccc(-c3ccc(B4OC(C)(C)C(C)(C)O4)cc3)cc2)C1c1ccccc1. The second-order valence-electron chi connectivity index (χ2n) is 12.2. The first-order valence-corrected chi connectivity index (χ1v) is 13.6. The van der Waals surface area contributed by atoms with Crippen LogP contribution in [0.5, 0.6) is 0 Å². The molecule has 2 aliphatic heterocycles. The first-order valence-electron chi connectivity index (χ1n) is 13.6. The van der Waals surface area contributed by atoms with Gasteiger partial charge in [0.25, 0.3) is 0 Å². The Labute approximate surface area is 227 Å². The molecule has 0 amide bonds.